The van der Waals surface area contributed by atoms with Crippen molar-refractivity contribution in [3.63, 3.8) is 0 Å². The van der Waals surface area contributed by atoms with Crippen molar-refractivity contribution < 1.29 is 38.4 Å². The van der Waals surface area contributed by atoms with Crippen molar-refractivity contribution in [3.8, 4) is 0 Å². The van der Waals surface area contributed by atoms with Crippen LogP contribution in [0.2, 0.25) is 0 Å². The van der Waals surface area contributed by atoms with Crippen molar-refractivity contribution in [2.45, 2.75) is 12.8 Å². The predicted octanol–water partition coefficient (Wildman–Crippen LogP) is 0.618. The van der Waals surface area contributed by atoms with Crippen molar-refractivity contribution in [3.05, 3.63) is 89.8 Å². The molecular formula is C43H56N16O8. The van der Waals surface area contributed by atoms with Gasteiger partial charge in [-0.25, -0.2) is 0 Å². The van der Waals surface area contributed by atoms with E-state index in [0.717, 1.165) is 13.0 Å². The average molecular weight is 925 g/mol. The third-order valence-electron chi connectivity index (χ3n) is 10.1. The molecule has 5 aromatic rings. The molecule has 5 rings (SSSR count). The second-order valence-corrected chi connectivity index (χ2v) is 15.8. The Morgan fingerprint density at radius 3 is 1.28 bits per heavy atom. The maximum Gasteiger partial charge on any atom is 0.290 e. The molecule has 0 aliphatic carbocycles. The fourth-order valence-electron chi connectivity index (χ4n) is 6.72. The van der Waals surface area contributed by atoms with Crippen molar-refractivity contribution in [2.24, 2.45) is 46.0 Å². The first kappa shape index (κ1) is 49.6. The van der Waals surface area contributed by atoms with E-state index in [1.807, 2.05) is 19.0 Å². The van der Waals surface area contributed by atoms with E-state index in [4.69, 9.17) is 5.73 Å². The number of nitrogens with zero attached hydrogens (tertiary/aromatic N) is 7. The number of aromatic nitrogens is 5. The van der Waals surface area contributed by atoms with Crippen LogP contribution in [0, 0.1) is 0 Å². The number of carbonyl (C=O) groups is 8. The second-order valence-electron chi connectivity index (χ2n) is 15.8. The van der Waals surface area contributed by atoms with Gasteiger partial charge in [-0.05, 0) is 57.4 Å². The molecule has 0 unspecified atom stereocenters. The highest BCUT2D eigenvalue weighted by molar-refractivity contribution is 6.41. The van der Waals surface area contributed by atoms with Crippen LogP contribution in [0.1, 0.15) is 65.3 Å². The normalized spacial score (nSPS) is 11.2. The number of aryl methyl sites for hydroxylation is 5. The molecule has 24 nitrogen and oxygen atoms in total. The molecule has 356 valence electrons. The SMILES string of the molecule is CN=C(N)C(=O)Nc1cc(C(=O)Nc2cc(C(=O)NCC(=O)Nc3cc(C(=O)Nc4cc(C(=O)Nc5cc(C(=O)NCCC(=O)NCCCN(C)C)n(C)c5)n(C)c4)n(C)c3)n(C)c2)n(C)c1. The van der Waals surface area contributed by atoms with E-state index in [-0.39, 0.29) is 58.9 Å². The molecule has 0 aliphatic rings. The smallest absolute Gasteiger partial charge is 0.290 e. The molecule has 0 aromatic carbocycles. The van der Waals surface area contributed by atoms with E-state index in [1.54, 1.807) is 52.2 Å². The van der Waals surface area contributed by atoms with Gasteiger partial charge in [0.1, 0.15) is 28.5 Å². The number of amidine groups is 1. The zero-order valence-corrected chi connectivity index (χ0v) is 38.5. The van der Waals surface area contributed by atoms with Crippen LogP contribution >= 0.6 is 0 Å². The lowest BCUT2D eigenvalue weighted by atomic mass is 10.3. The number of carbonyl (C=O) groups excluding carboxylic acids is 8. The Labute approximate surface area is 385 Å². The van der Waals surface area contributed by atoms with Crippen LogP contribution < -0.4 is 48.3 Å². The molecule has 0 aliphatic heterocycles. The lowest BCUT2D eigenvalue weighted by Crippen LogP contribution is -2.33. The molecule has 0 fully saturated rings. The van der Waals surface area contributed by atoms with E-state index < -0.39 is 47.9 Å². The van der Waals surface area contributed by atoms with Gasteiger partial charge in [-0.3, -0.25) is 43.3 Å². The molecule has 5 heterocycles. The molecule has 0 bridgehead atoms. The molecule has 0 radical (unpaired) electrons. The number of rotatable bonds is 19. The van der Waals surface area contributed by atoms with E-state index in [1.165, 1.54) is 74.2 Å². The van der Waals surface area contributed by atoms with Gasteiger partial charge in [0.25, 0.3) is 35.4 Å². The molecule has 67 heavy (non-hydrogen) atoms. The minimum Gasteiger partial charge on any atom is -0.379 e. The Hall–Kier alpha value is -8.41. The Kier molecular flexibility index (Phi) is 16.3. The van der Waals surface area contributed by atoms with Gasteiger partial charge in [-0.1, -0.05) is 0 Å². The molecule has 0 atom stereocenters. The van der Waals surface area contributed by atoms with Gasteiger partial charge in [-0.15, -0.1) is 0 Å². The Bertz CT molecular complexity index is 2730. The zero-order chi connectivity index (χ0) is 49.1. The van der Waals surface area contributed by atoms with Crippen LogP contribution in [0.3, 0.4) is 0 Å². The fourth-order valence-corrected chi connectivity index (χ4v) is 6.72. The summed E-state index contributed by atoms with van der Waals surface area (Å²) in [6, 6.07) is 7.33. The van der Waals surface area contributed by atoms with E-state index in [0.29, 0.717) is 29.3 Å². The monoisotopic (exact) mass is 924 g/mol. The summed E-state index contributed by atoms with van der Waals surface area (Å²) in [5.74, 6) is -4.16. The summed E-state index contributed by atoms with van der Waals surface area (Å²) in [5.41, 5.74) is 8.12. The highest BCUT2D eigenvalue weighted by atomic mass is 16.2. The minimum absolute atomic E-state index is 0.124. The second kappa shape index (κ2) is 22.0. The van der Waals surface area contributed by atoms with Gasteiger partial charge in [-0.2, -0.15) is 0 Å². The van der Waals surface area contributed by atoms with Gasteiger partial charge in [0.2, 0.25) is 11.8 Å². The van der Waals surface area contributed by atoms with E-state index in [9.17, 15) is 38.4 Å². The standard InChI is InChI=1S/C43H56N16O8/c1-45-37(44)43(67)53-29-18-34(59(8)24-29)42(66)51-27-16-31(56(5)22-27)39(63)48-19-36(61)49-25-14-32(57(6)20-25)40(64)52-28-17-33(58(7)23-28)41(65)50-26-15-30(55(4)21-26)38(62)47-12-10-35(60)46-11-9-13-54(2)3/h14-18,20-24H,9-13,19H2,1-8H3,(H2,44,45)(H,46,60)(H,47,62)(H,48,63)(H,49,61)(H,50,65)(H,51,66)(H,52,64)(H,53,67). The lowest BCUT2D eigenvalue weighted by Gasteiger charge is -2.10. The third kappa shape index (κ3) is 13.3. The number of anilines is 5. The first-order valence-electron chi connectivity index (χ1n) is 20.8. The van der Waals surface area contributed by atoms with E-state index in [2.05, 4.69) is 47.5 Å². The number of aliphatic imine (C=N–C) groups is 1. The molecular weight excluding hydrogens is 869 g/mol. The molecule has 0 saturated heterocycles. The topological polar surface area (TPSA) is 299 Å². The highest BCUT2D eigenvalue weighted by Gasteiger charge is 2.21. The van der Waals surface area contributed by atoms with Gasteiger partial charge < -0.3 is 76.0 Å². The minimum atomic E-state index is -0.623. The largest absolute Gasteiger partial charge is 0.379 e. The molecule has 5 aromatic heterocycles. The zero-order valence-electron chi connectivity index (χ0n) is 38.5. The van der Waals surface area contributed by atoms with Crippen molar-refractivity contribution >= 4 is 81.5 Å². The highest BCUT2D eigenvalue weighted by Crippen LogP contribution is 2.21. The quantitative estimate of drug-likeness (QED) is 0.0316. The number of hydrogen-bond acceptors (Lipinski definition) is 10. The summed E-state index contributed by atoms with van der Waals surface area (Å²) >= 11 is 0. The van der Waals surface area contributed by atoms with Crippen LogP contribution in [0.5, 0.6) is 0 Å². The van der Waals surface area contributed by atoms with Crippen molar-refractivity contribution in [2.75, 3.05) is 73.9 Å². The number of hydrogen-bond donors (Lipinski definition) is 9. The van der Waals surface area contributed by atoms with Crippen LogP contribution in [0.15, 0.2) is 66.3 Å². The van der Waals surface area contributed by atoms with Crippen LogP contribution in [-0.4, -0.2) is 128 Å². The molecule has 10 N–H and O–H groups in total. The Morgan fingerprint density at radius 1 is 0.507 bits per heavy atom. The third-order valence-corrected chi connectivity index (χ3v) is 10.1. The summed E-state index contributed by atoms with van der Waals surface area (Å²) < 4.78 is 7.54. The summed E-state index contributed by atoms with van der Waals surface area (Å²) in [5, 5.41) is 21.5. The fraction of sp³-hybridized carbons (Fsp3) is 0.326. The van der Waals surface area contributed by atoms with E-state index >= 15 is 0 Å². The number of amides is 8. The summed E-state index contributed by atoms with van der Waals surface area (Å²) in [6.45, 7) is 1.12. The van der Waals surface area contributed by atoms with Gasteiger partial charge in [0.15, 0.2) is 5.84 Å². The summed E-state index contributed by atoms with van der Waals surface area (Å²) in [7, 11) is 13.4. The maximum atomic E-state index is 13.3. The van der Waals surface area contributed by atoms with Crippen LogP contribution in [0.25, 0.3) is 0 Å². The molecule has 0 saturated carbocycles. The maximum absolute atomic E-state index is 13.3. The first-order chi connectivity index (χ1) is 31.7. The Balaban J connectivity index is 1.08. The van der Waals surface area contributed by atoms with Gasteiger partial charge >= 0.3 is 0 Å². The summed E-state index contributed by atoms with van der Waals surface area (Å²) in [6.07, 6.45) is 8.63. The molecule has 8 amide bonds. The van der Waals surface area contributed by atoms with Crippen molar-refractivity contribution in [1.82, 2.24) is 43.7 Å². The predicted molar refractivity (Wildman–Crippen MR) is 251 cm³/mol. The van der Waals surface area contributed by atoms with Gasteiger partial charge in [0, 0.05) is 92.8 Å². The Morgan fingerprint density at radius 2 is 0.881 bits per heavy atom. The number of nitrogens with two attached hydrogens (primary N) is 1. The molecule has 24 heteroatoms. The average Bonchev–Trinajstić information content (AvgIpc) is 4.09. The first-order valence-corrected chi connectivity index (χ1v) is 20.8. The van der Waals surface area contributed by atoms with Crippen molar-refractivity contribution in [1.29, 1.82) is 0 Å². The van der Waals surface area contributed by atoms with Gasteiger partial charge in [0.05, 0.1) is 35.0 Å². The number of nitrogens with one attached hydrogen (secondary N) is 8. The van der Waals surface area contributed by atoms with Crippen LogP contribution in [0.4, 0.5) is 28.4 Å². The van der Waals surface area contributed by atoms with Crippen LogP contribution in [-0.2, 0) is 49.6 Å². The lowest BCUT2D eigenvalue weighted by molar-refractivity contribution is -0.121. The molecule has 0 spiro atoms. The summed E-state index contributed by atoms with van der Waals surface area (Å²) in [4.78, 5) is 108.